The number of carbonyl (C=O) groups is 2. The van der Waals surface area contributed by atoms with Crippen molar-refractivity contribution in [2.45, 2.75) is 46.0 Å². The topological polar surface area (TPSA) is 52.7 Å². The Balaban J connectivity index is 2.03. The van der Waals surface area contributed by atoms with Gasteiger partial charge in [-0.2, -0.15) is 0 Å². The number of hydrogen-bond acceptors (Lipinski definition) is 3. The van der Waals surface area contributed by atoms with Crippen molar-refractivity contribution in [2.24, 2.45) is 0 Å². The number of amides is 2. The van der Waals surface area contributed by atoms with E-state index in [2.05, 4.69) is 17.1 Å². The van der Waals surface area contributed by atoms with E-state index < -0.39 is 0 Å². The zero-order valence-electron chi connectivity index (χ0n) is 15.2. The first-order chi connectivity index (χ1) is 12.0. The van der Waals surface area contributed by atoms with Gasteiger partial charge in [0.25, 0.3) is 0 Å². The van der Waals surface area contributed by atoms with E-state index in [1.165, 1.54) is 0 Å². The quantitative estimate of drug-likeness (QED) is 0.745. The van der Waals surface area contributed by atoms with Crippen molar-refractivity contribution in [3.05, 3.63) is 23.2 Å². The van der Waals surface area contributed by atoms with Crippen molar-refractivity contribution in [3.8, 4) is 0 Å². The van der Waals surface area contributed by atoms with Crippen LogP contribution < -0.4 is 10.2 Å². The number of halogens is 1. The predicted molar refractivity (Wildman–Crippen MR) is 103 cm³/mol. The minimum absolute atomic E-state index is 0.0248. The van der Waals surface area contributed by atoms with Gasteiger partial charge in [0.05, 0.1) is 11.4 Å². The molecule has 0 aromatic heterocycles. The number of benzene rings is 1. The predicted octanol–water partition coefficient (Wildman–Crippen LogP) is 3.92. The van der Waals surface area contributed by atoms with Crippen LogP contribution in [0.5, 0.6) is 0 Å². The molecule has 1 aliphatic heterocycles. The third kappa shape index (κ3) is 5.63. The largest absolute Gasteiger partial charge is 0.366 e. The molecule has 0 radical (unpaired) electrons. The molecule has 1 N–H and O–H groups in total. The average molecular weight is 366 g/mol. The van der Waals surface area contributed by atoms with Crippen LogP contribution >= 0.6 is 11.6 Å². The van der Waals surface area contributed by atoms with Gasteiger partial charge < -0.3 is 15.1 Å². The van der Waals surface area contributed by atoms with E-state index in [9.17, 15) is 9.59 Å². The summed E-state index contributed by atoms with van der Waals surface area (Å²) in [5.74, 6) is 0.219. The molecule has 0 saturated carbocycles. The minimum atomic E-state index is 0.0248. The third-order valence-corrected chi connectivity index (χ3v) is 4.75. The second-order valence-electron chi connectivity index (χ2n) is 6.39. The van der Waals surface area contributed by atoms with Gasteiger partial charge in [-0.1, -0.05) is 38.3 Å². The Morgan fingerprint density at radius 2 is 1.84 bits per heavy atom. The maximum atomic E-state index is 12.2. The Bertz CT molecular complexity index is 598. The SMILES string of the molecule is CCCCCC(=O)Nc1cc(Cl)ccc1N1CCN(C(=O)CC)CC1. The molecule has 1 aliphatic rings. The van der Waals surface area contributed by atoms with Crippen LogP contribution in [0.4, 0.5) is 11.4 Å². The van der Waals surface area contributed by atoms with Crippen molar-refractivity contribution < 1.29 is 9.59 Å². The minimum Gasteiger partial charge on any atom is -0.366 e. The number of carbonyl (C=O) groups excluding carboxylic acids is 2. The maximum absolute atomic E-state index is 12.2. The van der Waals surface area contributed by atoms with Crippen LogP contribution in [0.15, 0.2) is 18.2 Å². The van der Waals surface area contributed by atoms with Gasteiger partial charge in [-0.05, 0) is 24.6 Å². The first kappa shape index (κ1) is 19.6. The fourth-order valence-electron chi connectivity index (χ4n) is 3.05. The van der Waals surface area contributed by atoms with E-state index >= 15 is 0 Å². The van der Waals surface area contributed by atoms with Crippen molar-refractivity contribution in [2.75, 3.05) is 36.4 Å². The third-order valence-electron chi connectivity index (χ3n) is 4.52. The van der Waals surface area contributed by atoms with Gasteiger partial charge in [-0.3, -0.25) is 9.59 Å². The molecular formula is C19H28ClN3O2. The van der Waals surface area contributed by atoms with Crippen molar-refractivity contribution >= 4 is 34.8 Å². The molecule has 138 valence electrons. The maximum Gasteiger partial charge on any atom is 0.224 e. The van der Waals surface area contributed by atoms with E-state index in [4.69, 9.17) is 11.6 Å². The van der Waals surface area contributed by atoms with Gasteiger partial charge in [0, 0.05) is 44.0 Å². The van der Waals surface area contributed by atoms with Crippen LogP contribution in [0.25, 0.3) is 0 Å². The first-order valence-corrected chi connectivity index (χ1v) is 9.55. The van der Waals surface area contributed by atoms with Gasteiger partial charge in [-0.15, -0.1) is 0 Å². The fraction of sp³-hybridized carbons (Fsp3) is 0.579. The van der Waals surface area contributed by atoms with Gasteiger partial charge >= 0.3 is 0 Å². The molecule has 5 nitrogen and oxygen atoms in total. The van der Waals surface area contributed by atoms with Crippen LogP contribution in [0.3, 0.4) is 0 Å². The van der Waals surface area contributed by atoms with Crippen LogP contribution in [0, 0.1) is 0 Å². The van der Waals surface area contributed by atoms with E-state index in [1.807, 2.05) is 24.0 Å². The number of hydrogen-bond donors (Lipinski definition) is 1. The molecule has 0 unspecified atom stereocenters. The van der Waals surface area contributed by atoms with Gasteiger partial charge in [0.15, 0.2) is 0 Å². The van der Waals surface area contributed by atoms with Crippen molar-refractivity contribution in [3.63, 3.8) is 0 Å². The smallest absolute Gasteiger partial charge is 0.224 e. The zero-order valence-corrected chi connectivity index (χ0v) is 15.9. The lowest BCUT2D eigenvalue weighted by Crippen LogP contribution is -2.48. The lowest BCUT2D eigenvalue weighted by atomic mass is 10.1. The summed E-state index contributed by atoms with van der Waals surface area (Å²) >= 11 is 6.13. The number of anilines is 2. The summed E-state index contributed by atoms with van der Waals surface area (Å²) in [4.78, 5) is 28.1. The molecule has 1 saturated heterocycles. The first-order valence-electron chi connectivity index (χ1n) is 9.17. The summed E-state index contributed by atoms with van der Waals surface area (Å²) in [6.45, 7) is 6.94. The summed E-state index contributed by atoms with van der Waals surface area (Å²) in [5, 5.41) is 3.61. The Kier molecular flexibility index (Phi) is 7.56. The Morgan fingerprint density at radius 3 is 2.48 bits per heavy atom. The zero-order chi connectivity index (χ0) is 18.2. The van der Waals surface area contributed by atoms with Gasteiger partial charge in [-0.25, -0.2) is 0 Å². The van der Waals surface area contributed by atoms with E-state index in [0.29, 0.717) is 31.0 Å². The van der Waals surface area contributed by atoms with E-state index in [-0.39, 0.29) is 11.8 Å². The lowest BCUT2D eigenvalue weighted by molar-refractivity contribution is -0.131. The lowest BCUT2D eigenvalue weighted by Gasteiger charge is -2.37. The second-order valence-corrected chi connectivity index (χ2v) is 6.82. The summed E-state index contributed by atoms with van der Waals surface area (Å²) in [6, 6.07) is 5.59. The van der Waals surface area contributed by atoms with Crippen LogP contribution in [-0.4, -0.2) is 42.9 Å². The molecule has 0 spiro atoms. The molecule has 25 heavy (non-hydrogen) atoms. The van der Waals surface area contributed by atoms with E-state index in [1.54, 1.807) is 6.07 Å². The number of piperazine rings is 1. The monoisotopic (exact) mass is 365 g/mol. The fourth-order valence-corrected chi connectivity index (χ4v) is 3.22. The van der Waals surface area contributed by atoms with Crippen LogP contribution in [0.2, 0.25) is 5.02 Å². The van der Waals surface area contributed by atoms with Gasteiger partial charge in [0.2, 0.25) is 11.8 Å². The molecule has 1 aromatic rings. The molecule has 1 fully saturated rings. The summed E-state index contributed by atoms with van der Waals surface area (Å²) in [7, 11) is 0. The standard InChI is InChI=1S/C19H28ClN3O2/c1-3-5-6-7-18(24)21-16-14-15(20)8-9-17(16)22-10-12-23(13-11-22)19(25)4-2/h8-9,14H,3-7,10-13H2,1-2H3,(H,21,24). The Morgan fingerprint density at radius 1 is 1.12 bits per heavy atom. The van der Waals surface area contributed by atoms with Crippen molar-refractivity contribution in [1.29, 1.82) is 0 Å². The molecule has 6 heteroatoms. The summed E-state index contributed by atoms with van der Waals surface area (Å²) in [6.07, 6.45) is 4.12. The molecule has 0 aliphatic carbocycles. The molecule has 2 amide bonds. The Labute approximate surface area is 155 Å². The summed E-state index contributed by atoms with van der Waals surface area (Å²) in [5.41, 5.74) is 1.72. The van der Waals surface area contributed by atoms with Gasteiger partial charge in [0.1, 0.15) is 0 Å². The highest BCUT2D eigenvalue weighted by Crippen LogP contribution is 2.30. The second kappa shape index (κ2) is 9.66. The average Bonchev–Trinajstić information content (AvgIpc) is 2.61. The van der Waals surface area contributed by atoms with E-state index in [0.717, 1.165) is 43.7 Å². The molecule has 1 heterocycles. The van der Waals surface area contributed by atoms with Crippen LogP contribution in [-0.2, 0) is 9.59 Å². The molecule has 1 aromatic carbocycles. The highest BCUT2D eigenvalue weighted by molar-refractivity contribution is 6.31. The molecular weight excluding hydrogens is 338 g/mol. The number of nitrogens with zero attached hydrogens (tertiary/aromatic N) is 2. The number of nitrogens with one attached hydrogen (secondary N) is 1. The number of rotatable bonds is 7. The molecule has 2 rings (SSSR count). The Hall–Kier alpha value is -1.75. The normalized spacial score (nSPS) is 14.5. The van der Waals surface area contributed by atoms with Crippen LogP contribution in [0.1, 0.15) is 46.0 Å². The highest BCUT2D eigenvalue weighted by atomic mass is 35.5. The summed E-state index contributed by atoms with van der Waals surface area (Å²) < 4.78 is 0. The number of unbranched alkanes of at least 4 members (excludes halogenated alkanes) is 2. The van der Waals surface area contributed by atoms with Crippen molar-refractivity contribution in [1.82, 2.24) is 4.90 Å². The highest BCUT2D eigenvalue weighted by Gasteiger charge is 2.22. The molecule has 0 atom stereocenters. The molecule has 0 bridgehead atoms.